The normalized spacial score (nSPS) is 15.9. The van der Waals surface area contributed by atoms with Gasteiger partial charge in [-0.3, -0.25) is 30.1 Å². The van der Waals surface area contributed by atoms with Crippen molar-refractivity contribution in [3.05, 3.63) is 40.3 Å². The number of rotatable bonds is 6. The Morgan fingerprint density at radius 2 is 1.82 bits per heavy atom. The van der Waals surface area contributed by atoms with Gasteiger partial charge in [0.05, 0.1) is 5.39 Å². The van der Waals surface area contributed by atoms with E-state index >= 15 is 0 Å². The molecule has 1 saturated heterocycles. The van der Waals surface area contributed by atoms with Crippen LogP contribution in [0.15, 0.2) is 29.1 Å². The van der Waals surface area contributed by atoms with Crippen LogP contribution in [-0.4, -0.2) is 50.8 Å². The van der Waals surface area contributed by atoms with E-state index in [0.717, 1.165) is 19.3 Å². The van der Waals surface area contributed by atoms with Crippen LogP contribution in [0.1, 0.15) is 70.3 Å². The number of aromatic nitrogens is 2. The fourth-order valence-corrected chi connectivity index (χ4v) is 3.91. The lowest BCUT2D eigenvalue weighted by atomic mass is 10.1. The van der Waals surface area contributed by atoms with Crippen molar-refractivity contribution in [3.8, 4) is 0 Å². The third kappa shape index (κ3) is 5.92. The minimum Gasteiger partial charge on any atom is -0.444 e. The molecule has 0 bridgehead atoms. The molecular weight excluding hydrogens is 438 g/mol. The Balaban J connectivity index is 1.74. The van der Waals surface area contributed by atoms with Crippen LogP contribution in [-0.2, 0) is 16.1 Å². The summed E-state index contributed by atoms with van der Waals surface area (Å²) in [5.41, 5.74) is 3.91. The Bertz CT molecular complexity index is 1120. The SMILES string of the molecule is CCCCCn1nc(C(=O)NNC(=O)[C@@H]2CCCN2C(=O)OC(C)(C)C)c2ccccc2c1=O. The monoisotopic (exact) mass is 471 g/mol. The fourth-order valence-electron chi connectivity index (χ4n) is 3.91. The molecule has 0 radical (unpaired) electrons. The van der Waals surface area contributed by atoms with E-state index in [2.05, 4.69) is 22.9 Å². The van der Waals surface area contributed by atoms with Crippen molar-refractivity contribution in [3.63, 3.8) is 0 Å². The lowest BCUT2D eigenvalue weighted by Crippen LogP contribution is -2.52. The number of hydrazine groups is 1. The molecule has 2 heterocycles. The zero-order valence-corrected chi connectivity index (χ0v) is 20.2. The zero-order chi connectivity index (χ0) is 24.9. The van der Waals surface area contributed by atoms with Crippen molar-refractivity contribution in [2.45, 2.75) is 78.0 Å². The fraction of sp³-hybridized carbons (Fsp3) is 0.542. The van der Waals surface area contributed by atoms with Crippen molar-refractivity contribution >= 4 is 28.7 Å². The molecule has 3 amide bonds. The highest BCUT2D eigenvalue weighted by Gasteiger charge is 2.36. The number of hydrogen-bond donors (Lipinski definition) is 2. The molecule has 1 aliphatic heterocycles. The van der Waals surface area contributed by atoms with Crippen molar-refractivity contribution in [1.82, 2.24) is 25.5 Å². The van der Waals surface area contributed by atoms with Crippen LogP contribution in [0.2, 0.25) is 0 Å². The standard InChI is InChI=1S/C24H33N5O5/c1-5-6-9-15-29-22(32)17-12-8-7-11-16(17)19(27-29)21(31)26-25-20(30)18-13-10-14-28(18)23(33)34-24(2,3)4/h7-8,11-12,18H,5-6,9-10,13-15H2,1-4H3,(H,25,30)(H,26,31)/t18-/m0/s1. The van der Waals surface area contributed by atoms with Gasteiger partial charge in [-0.25, -0.2) is 9.48 Å². The highest BCUT2D eigenvalue weighted by molar-refractivity contribution is 6.05. The van der Waals surface area contributed by atoms with E-state index in [4.69, 9.17) is 4.74 Å². The summed E-state index contributed by atoms with van der Waals surface area (Å²) in [5.74, 6) is -1.16. The van der Waals surface area contributed by atoms with Crippen LogP contribution in [0.4, 0.5) is 4.79 Å². The van der Waals surface area contributed by atoms with E-state index in [9.17, 15) is 19.2 Å². The summed E-state index contributed by atoms with van der Waals surface area (Å²) in [7, 11) is 0. The molecule has 1 fully saturated rings. The van der Waals surface area contributed by atoms with Gasteiger partial charge in [0.2, 0.25) is 0 Å². The minimum absolute atomic E-state index is 0.0439. The molecule has 1 aromatic heterocycles. The Hall–Kier alpha value is -3.43. The maximum Gasteiger partial charge on any atom is 0.410 e. The van der Waals surface area contributed by atoms with Crippen LogP contribution < -0.4 is 16.4 Å². The van der Waals surface area contributed by atoms with Crippen LogP contribution in [0.5, 0.6) is 0 Å². The topological polar surface area (TPSA) is 123 Å². The van der Waals surface area contributed by atoms with Gasteiger partial charge in [0.1, 0.15) is 11.6 Å². The number of nitrogens with zero attached hydrogens (tertiary/aromatic N) is 3. The molecule has 1 aliphatic rings. The largest absolute Gasteiger partial charge is 0.444 e. The molecule has 1 aromatic carbocycles. The number of benzene rings is 1. The van der Waals surface area contributed by atoms with E-state index in [0.29, 0.717) is 36.7 Å². The summed E-state index contributed by atoms with van der Waals surface area (Å²) >= 11 is 0. The summed E-state index contributed by atoms with van der Waals surface area (Å²) < 4.78 is 6.69. The quantitative estimate of drug-likeness (QED) is 0.493. The first kappa shape index (κ1) is 25.2. The van der Waals surface area contributed by atoms with Crippen LogP contribution in [0.3, 0.4) is 0 Å². The molecular formula is C24H33N5O5. The van der Waals surface area contributed by atoms with Crippen molar-refractivity contribution < 1.29 is 19.1 Å². The lowest BCUT2D eigenvalue weighted by Gasteiger charge is -2.28. The van der Waals surface area contributed by atoms with Gasteiger partial charge in [0, 0.05) is 18.5 Å². The molecule has 0 saturated carbocycles. The highest BCUT2D eigenvalue weighted by atomic mass is 16.6. The number of likely N-dealkylation sites (tertiary alicyclic amines) is 1. The van der Waals surface area contributed by atoms with Gasteiger partial charge < -0.3 is 4.74 Å². The minimum atomic E-state index is -0.747. The third-order valence-electron chi connectivity index (χ3n) is 5.54. The molecule has 10 nitrogen and oxygen atoms in total. The number of carbonyl (C=O) groups is 3. The Morgan fingerprint density at radius 1 is 1.12 bits per heavy atom. The average molecular weight is 472 g/mol. The predicted octanol–water partition coefficient (Wildman–Crippen LogP) is 2.75. The number of aryl methyl sites for hydroxylation is 1. The van der Waals surface area contributed by atoms with Crippen molar-refractivity contribution in [2.75, 3.05) is 6.54 Å². The van der Waals surface area contributed by atoms with Crippen LogP contribution >= 0.6 is 0 Å². The molecule has 0 spiro atoms. The average Bonchev–Trinajstić information content (AvgIpc) is 3.28. The van der Waals surface area contributed by atoms with E-state index in [1.807, 2.05) is 0 Å². The summed E-state index contributed by atoms with van der Waals surface area (Å²) in [6, 6.07) is 6.01. The van der Waals surface area contributed by atoms with Crippen molar-refractivity contribution in [1.29, 1.82) is 0 Å². The van der Waals surface area contributed by atoms with Gasteiger partial charge in [-0.05, 0) is 46.1 Å². The Labute approximate surface area is 198 Å². The summed E-state index contributed by atoms with van der Waals surface area (Å²) in [6.07, 6.45) is 3.24. The van der Waals surface area contributed by atoms with E-state index < -0.39 is 29.6 Å². The maximum absolute atomic E-state index is 13.0. The first-order valence-corrected chi connectivity index (χ1v) is 11.7. The number of fused-ring (bicyclic) bond motifs is 1. The maximum atomic E-state index is 13.0. The summed E-state index contributed by atoms with van der Waals surface area (Å²) in [4.78, 5) is 52.3. The molecule has 1 atom stereocenters. The predicted molar refractivity (Wildman–Crippen MR) is 127 cm³/mol. The number of carbonyl (C=O) groups excluding carboxylic acids is 3. The smallest absolute Gasteiger partial charge is 0.410 e. The number of unbranched alkanes of at least 4 members (excludes halogenated alkanes) is 2. The van der Waals surface area contributed by atoms with E-state index in [1.165, 1.54) is 9.58 Å². The molecule has 3 rings (SSSR count). The van der Waals surface area contributed by atoms with Gasteiger partial charge in [-0.1, -0.05) is 38.0 Å². The van der Waals surface area contributed by atoms with Gasteiger partial charge in [-0.15, -0.1) is 0 Å². The van der Waals surface area contributed by atoms with E-state index in [1.54, 1.807) is 45.0 Å². The van der Waals surface area contributed by atoms with Gasteiger partial charge in [-0.2, -0.15) is 5.10 Å². The second-order valence-electron chi connectivity index (χ2n) is 9.40. The Morgan fingerprint density at radius 3 is 2.50 bits per heavy atom. The number of ether oxygens (including phenoxy) is 1. The number of hydrogen-bond acceptors (Lipinski definition) is 6. The second-order valence-corrected chi connectivity index (χ2v) is 9.40. The molecule has 0 unspecified atom stereocenters. The lowest BCUT2D eigenvalue weighted by molar-refractivity contribution is -0.126. The van der Waals surface area contributed by atoms with Crippen LogP contribution in [0, 0.1) is 0 Å². The summed E-state index contributed by atoms with van der Waals surface area (Å²) in [5, 5.41) is 5.08. The first-order valence-electron chi connectivity index (χ1n) is 11.7. The Kier molecular flexibility index (Phi) is 7.90. The number of nitrogens with one attached hydrogen (secondary N) is 2. The molecule has 0 aliphatic carbocycles. The number of amides is 3. The molecule has 34 heavy (non-hydrogen) atoms. The molecule has 10 heteroatoms. The van der Waals surface area contributed by atoms with E-state index in [-0.39, 0.29) is 11.3 Å². The van der Waals surface area contributed by atoms with Crippen molar-refractivity contribution in [2.24, 2.45) is 0 Å². The first-order chi connectivity index (χ1) is 16.1. The van der Waals surface area contributed by atoms with Gasteiger partial charge >= 0.3 is 6.09 Å². The highest BCUT2D eigenvalue weighted by Crippen LogP contribution is 2.21. The van der Waals surface area contributed by atoms with Gasteiger partial charge in [0.25, 0.3) is 17.4 Å². The third-order valence-corrected chi connectivity index (χ3v) is 5.54. The van der Waals surface area contributed by atoms with Crippen LogP contribution in [0.25, 0.3) is 10.8 Å². The summed E-state index contributed by atoms with van der Waals surface area (Å²) in [6.45, 7) is 8.14. The molecule has 2 aromatic rings. The molecule has 2 N–H and O–H groups in total. The van der Waals surface area contributed by atoms with Gasteiger partial charge in [0.15, 0.2) is 5.69 Å². The second kappa shape index (κ2) is 10.7. The zero-order valence-electron chi connectivity index (χ0n) is 20.2. The molecule has 184 valence electrons.